The molecule has 41 heavy (non-hydrogen) atoms. The van der Waals surface area contributed by atoms with Gasteiger partial charge in [-0.15, -0.1) is 0 Å². The highest BCUT2D eigenvalue weighted by atomic mass is 35.5. The van der Waals surface area contributed by atoms with Gasteiger partial charge in [-0.1, -0.05) is 24.4 Å². The first-order valence-electron chi connectivity index (χ1n) is 15.3. The SMILES string of the molecule is Cc1cc(S(=O)C2CCC3(CC2)CCN(C(C)C)CC3)ccc1Nc1ncc2cc(Cl)c(=O)n(C3CCCC3)c2n1. The van der Waals surface area contributed by atoms with Gasteiger partial charge in [0, 0.05) is 39.5 Å². The van der Waals surface area contributed by atoms with Crippen molar-refractivity contribution in [2.45, 2.75) is 107 Å². The van der Waals surface area contributed by atoms with Crippen LogP contribution in [0, 0.1) is 12.3 Å². The summed E-state index contributed by atoms with van der Waals surface area (Å²) >= 11 is 6.28. The zero-order chi connectivity index (χ0) is 28.7. The number of piperidine rings is 1. The van der Waals surface area contributed by atoms with Gasteiger partial charge in [0.2, 0.25) is 5.95 Å². The van der Waals surface area contributed by atoms with Crippen molar-refractivity contribution in [1.82, 2.24) is 19.4 Å². The molecule has 0 bridgehead atoms. The Kier molecular flexibility index (Phi) is 8.27. The van der Waals surface area contributed by atoms with E-state index in [4.69, 9.17) is 16.6 Å². The molecule has 1 spiro atoms. The number of benzene rings is 1. The molecule has 1 atom stereocenters. The van der Waals surface area contributed by atoms with Crippen molar-refractivity contribution in [3.05, 3.63) is 51.4 Å². The third kappa shape index (κ3) is 5.84. The lowest BCUT2D eigenvalue weighted by Crippen LogP contribution is -2.45. The Hall–Kier alpha value is -2.29. The summed E-state index contributed by atoms with van der Waals surface area (Å²) in [5.41, 5.74) is 2.76. The second kappa shape index (κ2) is 11.8. The van der Waals surface area contributed by atoms with E-state index in [0.717, 1.165) is 60.1 Å². The lowest BCUT2D eigenvalue weighted by atomic mass is 9.68. The molecule has 3 heterocycles. The minimum absolute atomic E-state index is 0.116. The van der Waals surface area contributed by atoms with Crippen LogP contribution in [0.1, 0.15) is 89.7 Å². The van der Waals surface area contributed by atoms with Gasteiger partial charge in [-0.25, -0.2) is 4.98 Å². The third-order valence-corrected chi connectivity index (χ3v) is 12.0. The van der Waals surface area contributed by atoms with Gasteiger partial charge in [-0.2, -0.15) is 4.98 Å². The van der Waals surface area contributed by atoms with Crippen molar-refractivity contribution in [1.29, 1.82) is 0 Å². The molecule has 0 radical (unpaired) electrons. The Morgan fingerprint density at radius 2 is 1.76 bits per heavy atom. The number of nitrogens with zero attached hydrogens (tertiary/aromatic N) is 4. The number of pyridine rings is 1. The zero-order valence-electron chi connectivity index (χ0n) is 24.5. The maximum atomic E-state index is 13.6. The van der Waals surface area contributed by atoms with Crippen molar-refractivity contribution in [3.8, 4) is 0 Å². The summed E-state index contributed by atoms with van der Waals surface area (Å²) < 4.78 is 15.4. The summed E-state index contributed by atoms with van der Waals surface area (Å²) in [6, 6.07) is 8.40. The molecule has 1 aromatic carbocycles. The monoisotopic (exact) mass is 595 g/mol. The van der Waals surface area contributed by atoms with E-state index in [2.05, 4.69) is 29.0 Å². The summed E-state index contributed by atoms with van der Waals surface area (Å²) in [5, 5.41) is 4.53. The van der Waals surface area contributed by atoms with Crippen LogP contribution in [0.3, 0.4) is 0 Å². The lowest BCUT2D eigenvalue weighted by Gasteiger charge is -2.46. The van der Waals surface area contributed by atoms with Crippen LogP contribution >= 0.6 is 11.6 Å². The van der Waals surface area contributed by atoms with Gasteiger partial charge in [0.05, 0.1) is 10.8 Å². The second-order valence-corrected chi connectivity index (χ2v) is 14.9. The van der Waals surface area contributed by atoms with Crippen molar-refractivity contribution < 1.29 is 4.21 Å². The third-order valence-electron chi connectivity index (χ3n) is 9.98. The molecular formula is C32H42ClN5O2S. The molecule has 2 aliphatic carbocycles. The molecule has 3 aliphatic rings. The van der Waals surface area contributed by atoms with E-state index in [-0.39, 0.29) is 21.9 Å². The Balaban J connectivity index is 1.15. The van der Waals surface area contributed by atoms with Gasteiger partial charge >= 0.3 is 0 Å². The summed E-state index contributed by atoms with van der Waals surface area (Å²) in [5.74, 6) is 0.434. The summed E-state index contributed by atoms with van der Waals surface area (Å²) in [6.07, 6.45) is 12.9. The summed E-state index contributed by atoms with van der Waals surface area (Å²) in [4.78, 5) is 25.7. The Labute approximate surface area is 250 Å². The standard InChI is InChI=1S/C32H42ClN5O2S/c1-21(2)37-16-14-32(15-17-37)12-10-25(11-13-32)41(40)26-8-9-28(22(3)18-26)35-31-34-20-23-19-27(33)30(39)38(29(23)36-31)24-6-4-5-7-24/h8-9,18-21,24-25H,4-7,10-17H2,1-3H3,(H,34,35,36). The Bertz CT molecular complexity index is 1500. The Morgan fingerprint density at radius 1 is 1.05 bits per heavy atom. The fourth-order valence-electron chi connectivity index (χ4n) is 7.29. The topological polar surface area (TPSA) is 80.1 Å². The number of hydrogen-bond donors (Lipinski definition) is 1. The molecule has 1 aliphatic heterocycles. The van der Waals surface area contributed by atoms with Crippen LogP contribution in [-0.2, 0) is 10.8 Å². The number of anilines is 2. The van der Waals surface area contributed by atoms with E-state index in [0.29, 0.717) is 23.1 Å². The van der Waals surface area contributed by atoms with Crippen LogP contribution in [0.2, 0.25) is 5.02 Å². The average molecular weight is 596 g/mol. The van der Waals surface area contributed by atoms with Gasteiger partial charge < -0.3 is 10.2 Å². The molecule has 2 saturated carbocycles. The molecule has 3 fully saturated rings. The van der Waals surface area contributed by atoms with Gasteiger partial charge in [0.15, 0.2) is 0 Å². The first-order chi connectivity index (χ1) is 19.7. The van der Waals surface area contributed by atoms with Gasteiger partial charge in [0.1, 0.15) is 10.7 Å². The molecule has 7 nitrogen and oxygen atoms in total. The van der Waals surface area contributed by atoms with E-state index < -0.39 is 10.8 Å². The van der Waals surface area contributed by atoms with Gasteiger partial charge in [-0.3, -0.25) is 13.6 Å². The van der Waals surface area contributed by atoms with Crippen LogP contribution in [0.25, 0.3) is 11.0 Å². The van der Waals surface area contributed by atoms with Crippen molar-refractivity contribution in [3.63, 3.8) is 0 Å². The van der Waals surface area contributed by atoms with Crippen LogP contribution in [0.15, 0.2) is 40.2 Å². The fraction of sp³-hybridized carbons (Fsp3) is 0.594. The van der Waals surface area contributed by atoms with Gasteiger partial charge in [0.25, 0.3) is 5.56 Å². The molecule has 9 heteroatoms. The fourth-order valence-corrected chi connectivity index (χ4v) is 9.05. The lowest BCUT2D eigenvalue weighted by molar-refractivity contribution is 0.0539. The number of halogens is 1. The molecule has 220 valence electrons. The van der Waals surface area contributed by atoms with E-state index in [1.807, 2.05) is 25.1 Å². The molecule has 1 N–H and O–H groups in total. The van der Waals surface area contributed by atoms with E-state index in [9.17, 15) is 9.00 Å². The highest BCUT2D eigenvalue weighted by molar-refractivity contribution is 7.85. The minimum atomic E-state index is -1.02. The maximum absolute atomic E-state index is 13.6. The van der Waals surface area contributed by atoms with Crippen molar-refractivity contribution in [2.24, 2.45) is 5.41 Å². The predicted octanol–water partition coefficient (Wildman–Crippen LogP) is 7.15. The van der Waals surface area contributed by atoms with Crippen LogP contribution < -0.4 is 10.9 Å². The first-order valence-corrected chi connectivity index (χ1v) is 16.9. The zero-order valence-corrected chi connectivity index (χ0v) is 26.1. The number of fused-ring (bicyclic) bond motifs is 1. The number of likely N-dealkylation sites (tertiary alicyclic amines) is 1. The summed E-state index contributed by atoms with van der Waals surface area (Å²) in [6.45, 7) is 9.01. The minimum Gasteiger partial charge on any atom is -0.324 e. The maximum Gasteiger partial charge on any atom is 0.271 e. The van der Waals surface area contributed by atoms with Crippen LogP contribution in [0.4, 0.5) is 11.6 Å². The quantitative estimate of drug-likeness (QED) is 0.326. The number of aryl methyl sites for hydroxylation is 1. The van der Waals surface area contributed by atoms with Crippen molar-refractivity contribution >= 4 is 45.1 Å². The molecule has 0 amide bonds. The van der Waals surface area contributed by atoms with Gasteiger partial charge in [-0.05, 0) is 120 Å². The summed E-state index contributed by atoms with van der Waals surface area (Å²) in [7, 11) is -1.02. The number of aromatic nitrogens is 3. The van der Waals surface area contributed by atoms with E-state index in [1.165, 1.54) is 38.8 Å². The van der Waals surface area contributed by atoms with Crippen LogP contribution in [-0.4, -0.2) is 48.0 Å². The smallest absolute Gasteiger partial charge is 0.271 e. The highest BCUT2D eigenvalue weighted by Crippen LogP contribution is 2.46. The molecule has 6 rings (SSSR count). The normalized spacial score (nSPS) is 21.2. The first kappa shape index (κ1) is 28.8. The molecule has 1 unspecified atom stereocenters. The molecule has 2 aromatic heterocycles. The Morgan fingerprint density at radius 3 is 2.41 bits per heavy atom. The molecule has 1 saturated heterocycles. The van der Waals surface area contributed by atoms with E-state index >= 15 is 0 Å². The second-order valence-electron chi connectivity index (χ2n) is 12.8. The molecular weight excluding hydrogens is 554 g/mol. The van der Waals surface area contributed by atoms with E-state index in [1.54, 1.807) is 16.8 Å². The number of hydrogen-bond acceptors (Lipinski definition) is 6. The van der Waals surface area contributed by atoms with Crippen molar-refractivity contribution in [2.75, 3.05) is 18.4 Å². The number of rotatable bonds is 6. The predicted molar refractivity (Wildman–Crippen MR) is 168 cm³/mol. The molecule has 3 aromatic rings. The highest BCUT2D eigenvalue weighted by Gasteiger charge is 2.39. The average Bonchev–Trinajstić information content (AvgIpc) is 3.50. The largest absolute Gasteiger partial charge is 0.324 e. The number of nitrogens with one attached hydrogen (secondary N) is 1. The van der Waals surface area contributed by atoms with Crippen LogP contribution in [0.5, 0.6) is 0 Å².